The summed E-state index contributed by atoms with van der Waals surface area (Å²) in [7, 11) is 1.44. The smallest absolute Gasteiger partial charge is 0.287 e. The van der Waals surface area contributed by atoms with Crippen LogP contribution in [-0.4, -0.2) is 30.2 Å². The number of hydrazone groups is 1. The number of ether oxygens (including phenoxy) is 1. The fraction of sp³-hybridized carbons (Fsp3) is 0.0455. The minimum atomic E-state index is -0.605. The van der Waals surface area contributed by atoms with E-state index >= 15 is 0 Å². The van der Waals surface area contributed by atoms with E-state index in [4.69, 9.17) is 4.74 Å². The molecule has 0 saturated carbocycles. The highest BCUT2D eigenvalue weighted by Crippen LogP contribution is 2.27. The molecule has 0 saturated heterocycles. The molecule has 1 heterocycles. The van der Waals surface area contributed by atoms with Crippen LogP contribution in [0.2, 0.25) is 0 Å². The zero-order chi connectivity index (χ0) is 21.3. The maximum absolute atomic E-state index is 12.6. The van der Waals surface area contributed by atoms with Crippen molar-refractivity contribution in [2.75, 3.05) is 7.11 Å². The maximum Gasteiger partial charge on any atom is 0.287 e. The zero-order valence-electron chi connectivity index (χ0n) is 16.0. The normalized spacial score (nSPS) is 11.3. The number of rotatable bonds is 7. The molecule has 2 amide bonds. The van der Waals surface area contributed by atoms with E-state index in [1.165, 1.54) is 24.7 Å². The van der Waals surface area contributed by atoms with Gasteiger partial charge in [0.2, 0.25) is 0 Å². The largest absolute Gasteiger partial charge is 0.504 e. The van der Waals surface area contributed by atoms with Gasteiger partial charge in [-0.3, -0.25) is 9.59 Å². The number of carbonyl (C=O) groups excluding carboxylic acids is 2. The molecule has 1 aromatic heterocycles. The van der Waals surface area contributed by atoms with Gasteiger partial charge in [-0.1, -0.05) is 30.3 Å². The first-order valence-electron chi connectivity index (χ1n) is 8.89. The topological polar surface area (TPSA) is 100 Å². The molecule has 3 aromatic rings. The van der Waals surface area contributed by atoms with Crippen LogP contribution in [0.15, 0.2) is 76.8 Å². The number of hydrogen-bond donors (Lipinski definition) is 3. The van der Waals surface area contributed by atoms with Gasteiger partial charge in [0.15, 0.2) is 11.5 Å². The van der Waals surface area contributed by atoms with Gasteiger partial charge in [-0.05, 0) is 41.8 Å². The molecule has 7 nitrogen and oxygen atoms in total. The molecule has 3 rings (SSSR count). The molecular weight excluding hydrogens is 402 g/mol. The van der Waals surface area contributed by atoms with Crippen LogP contribution >= 0.6 is 11.3 Å². The molecule has 0 aliphatic heterocycles. The molecule has 3 N–H and O–H groups in total. The number of nitrogens with one attached hydrogen (secondary N) is 2. The highest BCUT2D eigenvalue weighted by atomic mass is 32.1. The fourth-order valence-corrected chi connectivity index (χ4v) is 3.14. The minimum Gasteiger partial charge on any atom is -0.504 e. The predicted octanol–water partition coefficient (Wildman–Crippen LogP) is 3.38. The predicted molar refractivity (Wildman–Crippen MR) is 117 cm³/mol. The highest BCUT2D eigenvalue weighted by Gasteiger charge is 2.14. The molecule has 0 aliphatic carbocycles. The van der Waals surface area contributed by atoms with Crippen molar-refractivity contribution in [1.29, 1.82) is 0 Å². The minimum absolute atomic E-state index is 0.0401. The molecule has 8 heteroatoms. The molecular formula is C22H19N3O4S. The van der Waals surface area contributed by atoms with Crippen LogP contribution in [-0.2, 0) is 4.79 Å². The first kappa shape index (κ1) is 20.8. The zero-order valence-corrected chi connectivity index (χ0v) is 16.8. The lowest BCUT2D eigenvalue weighted by Crippen LogP contribution is -2.32. The van der Waals surface area contributed by atoms with Crippen molar-refractivity contribution in [1.82, 2.24) is 10.7 Å². The second kappa shape index (κ2) is 10.0. The van der Waals surface area contributed by atoms with Crippen LogP contribution < -0.4 is 15.5 Å². The average Bonchev–Trinajstić information content (AvgIpc) is 3.28. The van der Waals surface area contributed by atoms with Gasteiger partial charge in [-0.2, -0.15) is 5.10 Å². The SMILES string of the molecule is COc1cccc(/C=N/NC(=O)/C(=C/c2cccs2)NC(=O)c2ccccc2)c1O. The Kier molecular flexibility index (Phi) is 6.96. The van der Waals surface area contributed by atoms with Crippen LogP contribution in [0.1, 0.15) is 20.8 Å². The van der Waals surface area contributed by atoms with Crippen molar-refractivity contribution in [3.8, 4) is 11.5 Å². The Morgan fingerprint density at radius 1 is 1.07 bits per heavy atom. The fourth-order valence-electron chi connectivity index (χ4n) is 2.49. The summed E-state index contributed by atoms with van der Waals surface area (Å²) in [6.45, 7) is 0. The summed E-state index contributed by atoms with van der Waals surface area (Å²) < 4.78 is 5.04. The van der Waals surface area contributed by atoms with Gasteiger partial charge >= 0.3 is 0 Å². The molecule has 2 aromatic carbocycles. The summed E-state index contributed by atoms with van der Waals surface area (Å²) in [6.07, 6.45) is 2.86. The first-order valence-corrected chi connectivity index (χ1v) is 9.77. The quantitative estimate of drug-likeness (QED) is 0.309. The van der Waals surface area contributed by atoms with Crippen molar-refractivity contribution in [2.45, 2.75) is 0 Å². The average molecular weight is 421 g/mol. The van der Waals surface area contributed by atoms with Crippen LogP contribution in [0.5, 0.6) is 11.5 Å². The molecule has 30 heavy (non-hydrogen) atoms. The van der Waals surface area contributed by atoms with Gasteiger partial charge in [0, 0.05) is 16.0 Å². The number of amides is 2. The summed E-state index contributed by atoms with van der Waals surface area (Å²) in [4.78, 5) is 25.9. The summed E-state index contributed by atoms with van der Waals surface area (Å²) >= 11 is 1.43. The number of aromatic hydroxyl groups is 1. The molecule has 0 atom stereocenters. The Labute approximate surface area is 177 Å². The van der Waals surface area contributed by atoms with Crippen LogP contribution in [0.3, 0.4) is 0 Å². The van der Waals surface area contributed by atoms with Gasteiger partial charge in [0.1, 0.15) is 5.70 Å². The number of hydrogen-bond acceptors (Lipinski definition) is 6. The van der Waals surface area contributed by atoms with E-state index < -0.39 is 11.8 Å². The van der Waals surface area contributed by atoms with Crippen LogP contribution in [0.4, 0.5) is 0 Å². The number of carbonyl (C=O) groups is 2. The third kappa shape index (κ3) is 5.33. The maximum atomic E-state index is 12.6. The van der Waals surface area contributed by atoms with E-state index in [2.05, 4.69) is 15.8 Å². The Hall–Kier alpha value is -3.91. The summed E-state index contributed by atoms with van der Waals surface area (Å²) in [5.74, 6) is -0.822. The Bertz CT molecular complexity index is 1080. The van der Waals surface area contributed by atoms with Crippen molar-refractivity contribution >= 4 is 35.4 Å². The lowest BCUT2D eigenvalue weighted by atomic mass is 10.2. The molecule has 0 fully saturated rings. The van der Waals surface area contributed by atoms with Crippen molar-refractivity contribution < 1.29 is 19.4 Å². The van der Waals surface area contributed by atoms with E-state index in [1.807, 2.05) is 17.5 Å². The Morgan fingerprint density at radius 3 is 2.57 bits per heavy atom. The molecule has 0 radical (unpaired) electrons. The Morgan fingerprint density at radius 2 is 1.87 bits per heavy atom. The first-order chi connectivity index (χ1) is 14.6. The lowest BCUT2D eigenvalue weighted by Gasteiger charge is -2.09. The van der Waals surface area contributed by atoms with Crippen molar-refractivity contribution in [3.63, 3.8) is 0 Å². The number of phenols is 1. The van der Waals surface area contributed by atoms with E-state index in [0.29, 0.717) is 16.9 Å². The third-order valence-electron chi connectivity index (χ3n) is 3.98. The van der Waals surface area contributed by atoms with E-state index in [9.17, 15) is 14.7 Å². The van der Waals surface area contributed by atoms with E-state index in [1.54, 1.807) is 54.6 Å². The third-order valence-corrected chi connectivity index (χ3v) is 4.80. The summed E-state index contributed by atoms with van der Waals surface area (Å²) in [6, 6.07) is 17.2. The van der Waals surface area contributed by atoms with Crippen molar-refractivity contribution in [2.24, 2.45) is 5.10 Å². The number of thiophene rings is 1. The van der Waals surface area contributed by atoms with Crippen molar-refractivity contribution in [3.05, 3.63) is 87.7 Å². The van der Waals surface area contributed by atoms with Gasteiger partial charge in [0.05, 0.1) is 13.3 Å². The molecule has 0 unspecified atom stereocenters. The number of benzene rings is 2. The van der Waals surface area contributed by atoms with Gasteiger partial charge in [0.25, 0.3) is 11.8 Å². The van der Waals surface area contributed by atoms with E-state index in [0.717, 1.165) is 4.88 Å². The monoisotopic (exact) mass is 421 g/mol. The summed E-state index contributed by atoms with van der Waals surface area (Å²) in [5.41, 5.74) is 3.20. The molecule has 0 bridgehead atoms. The van der Waals surface area contributed by atoms with Crippen LogP contribution in [0.25, 0.3) is 6.08 Å². The van der Waals surface area contributed by atoms with Gasteiger partial charge < -0.3 is 15.2 Å². The second-order valence-electron chi connectivity index (χ2n) is 5.99. The molecule has 152 valence electrons. The number of phenolic OH excluding ortho intramolecular Hbond substituents is 1. The van der Waals surface area contributed by atoms with Gasteiger partial charge in [-0.15, -0.1) is 11.3 Å². The van der Waals surface area contributed by atoms with Crippen LogP contribution in [0, 0.1) is 0 Å². The summed E-state index contributed by atoms with van der Waals surface area (Å²) in [5, 5.41) is 18.5. The highest BCUT2D eigenvalue weighted by molar-refractivity contribution is 7.10. The van der Waals surface area contributed by atoms with Gasteiger partial charge in [-0.25, -0.2) is 5.43 Å². The number of nitrogens with zero attached hydrogens (tertiary/aromatic N) is 1. The number of para-hydroxylation sites is 1. The standard InChI is InChI=1S/C22H19N3O4S/c1-29-19-11-5-9-16(20(19)26)14-23-25-22(28)18(13-17-10-6-12-30-17)24-21(27)15-7-3-2-4-8-15/h2-14,26H,1H3,(H,24,27)(H,25,28)/b18-13-,23-14+. The second-order valence-corrected chi connectivity index (χ2v) is 6.97. The molecule has 0 aliphatic rings. The lowest BCUT2D eigenvalue weighted by molar-refractivity contribution is -0.117. The Balaban J connectivity index is 1.76. The molecule has 0 spiro atoms. The van der Waals surface area contributed by atoms with E-state index in [-0.39, 0.29) is 11.4 Å². The number of methoxy groups -OCH3 is 1.